The first-order valence-corrected chi connectivity index (χ1v) is 6.49. The summed E-state index contributed by atoms with van der Waals surface area (Å²) in [6.45, 7) is 1.53. The zero-order valence-corrected chi connectivity index (χ0v) is 11.1. The summed E-state index contributed by atoms with van der Waals surface area (Å²) in [6, 6.07) is 0. The summed E-state index contributed by atoms with van der Waals surface area (Å²) in [4.78, 5) is 22.8. The number of alkyl halides is 2. The van der Waals surface area contributed by atoms with Crippen molar-refractivity contribution in [3.8, 4) is 0 Å². The molecule has 0 N–H and O–H groups in total. The second kappa shape index (κ2) is 5.43. The summed E-state index contributed by atoms with van der Waals surface area (Å²) >= 11 is -0.756. The SMILES string of the molecule is CC12CC(CCC1OC(=O)C(F)(F)SOO[O-])C(=O)O2. The molecule has 1 aliphatic carbocycles. The van der Waals surface area contributed by atoms with Crippen LogP contribution >= 0.6 is 12.0 Å². The smallest absolute Gasteiger partial charge is 0.415 e. The van der Waals surface area contributed by atoms with Crippen molar-refractivity contribution in [2.75, 3.05) is 0 Å². The molecule has 3 atom stereocenters. The van der Waals surface area contributed by atoms with Crippen molar-refractivity contribution in [2.24, 2.45) is 5.92 Å². The summed E-state index contributed by atoms with van der Waals surface area (Å²) in [5.74, 6) is -2.57. The molecular weight excluding hydrogens is 302 g/mol. The number of halogens is 2. The summed E-state index contributed by atoms with van der Waals surface area (Å²) < 4.78 is 39.7. The van der Waals surface area contributed by atoms with Crippen molar-refractivity contribution >= 4 is 24.0 Å². The average Bonchev–Trinajstić information content (AvgIpc) is 2.61. The van der Waals surface area contributed by atoms with Gasteiger partial charge in [-0.15, -0.1) is 0 Å². The third-order valence-electron chi connectivity index (χ3n) is 3.43. The fourth-order valence-electron chi connectivity index (χ4n) is 2.47. The lowest BCUT2D eigenvalue weighted by Crippen LogP contribution is -2.46. The molecule has 3 unspecified atom stereocenters. The van der Waals surface area contributed by atoms with E-state index in [4.69, 9.17) is 9.47 Å². The van der Waals surface area contributed by atoms with E-state index in [1.807, 2.05) is 0 Å². The number of carbonyl (C=O) groups excluding carboxylic acids is 2. The van der Waals surface area contributed by atoms with E-state index in [2.05, 4.69) is 9.37 Å². The highest BCUT2D eigenvalue weighted by atomic mass is 32.2. The van der Waals surface area contributed by atoms with Crippen LogP contribution in [0.1, 0.15) is 26.2 Å². The van der Waals surface area contributed by atoms with E-state index in [0.717, 1.165) is 0 Å². The first-order chi connectivity index (χ1) is 9.28. The van der Waals surface area contributed by atoms with Crippen LogP contribution in [0, 0.1) is 5.92 Å². The van der Waals surface area contributed by atoms with Gasteiger partial charge in [-0.25, -0.2) is 4.79 Å². The monoisotopic (exact) mass is 313 g/mol. The maximum Gasteiger partial charge on any atom is 0.415 e. The maximum absolute atomic E-state index is 13.2. The largest absolute Gasteiger partial charge is 0.691 e. The third-order valence-corrected chi connectivity index (χ3v) is 3.93. The Morgan fingerprint density at radius 1 is 1.55 bits per heavy atom. The molecule has 0 radical (unpaired) electrons. The van der Waals surface area contributed by atoms with Gasteiger partial charge in [0.25, 0.3) is 0 Å². The summed E-state index contributed by atoms with van der Waals surface area (Å²) in [6.07, 6.45) is 0.0176. The first kappa shape index (κ1) is 15.4. The van der Waals surface area contributed by atoms with E-state index < -0.39 is 40.9 Å². The number of hydrogen-bond donors (Lipinski definition) is 0. The highest BCUT2D eigenvalue weighted by Gasteiger charge is 2.56. The van der Waals surface area contributed by atoms with Gasteiger partial charge < -0.3 is 14.7 Å². The van der Waals surface area contributed by atoms with Crippen molar-refractivity contribution in [2.45, 2.75) is 43.1 Å². The number of hydrogen-bond acceptors (Lipinski definition) is 8. The molecule has 0 amide bonds. The predicted octanol–water partition coefficient (Wildman–Crippen LogP) is 0.478. The topological polar surface area (TPSA) is 94.1 Å². The molecule has 2 aliphatic rings. The molecule has 1 aliphatic heterocycles. The number of ether oxygens (including phenoxy) is 2. The Morgan fingerprint density at radius 2 is 2.25 bits per heavy atom. The molecule has 1 saturated carbocycles. The molecule has 10 heteroatoms. The van der Waals surface area contributed by atoms with Gasteiger partial charge in [-0.2, -0.15) is 13.1 Å². The molecular formula is C10H11F2O7S-. The lowest BCUT2D eigenvalue weighted by atomic mass is 9.80. The average molecular weight is 313 g/mol. The van der Waals surface area contributed by atoms with Crippen molar-refractivity contribution in [3.05, 3.63) is 0 Å². The molecule has 2 rings (SSSR count). The Morgan fingerprint density at radius 3 is 2.90 bits per heavy atom. The summed E-state index contributed by atoms with van der Waals surface area (Å²) in [5, 5.41) is 8.15. The van der Waals surface area contributed by atoms with Crippen molar-refractivity contribution < 1.29 is 42.5 Å². The number of fused-ring (bicyclic) bond motifs is 2. The summed E-state index contributed by atoms with van der Waals surface area (Å²) in [5.41, 5.74) is -1.09. The van der Waals surface area contributed by atoms with Gasteiger partial charge in [0.1, 0.15) is 23.7 Å². The second-order valence-electron chi connectivity index (χ2n) is 4.84. The van der Waals surface area contributed by atoms with Crippen LogP contribution in [0.15, 0.2) is 0 Å². The van der Waals surface area contributed by atoms with E-state index in [1.165, 1.54) is 6.92 Å². The minimum atomic E-state index is -4.10. The second-order valence-corrected chi connectivity index (χ2v) is 5.66. The Bertz CT molecular complexity index is 418. The molecule has 0 aromatic heterocycles. The molecule has 7 nitrogen and oxygen atoms in total. The molecule has 20 heavy (non-hydrogen) atoms. The van der Waals surface area contributed by atoms with Crippen LogP contribution in [-0.4, -0.2) is 28.9 Å². The molecule has 2 fully saturated rings. The molecule has 0 aromatic rings. The van der Waals surface area contributed by atoms with Gasteiger partial charge in [-0.05, 0) is 19.8 Å². The zero-order chi connectivity index (χ0) is 15.0. The first-order valence-electron chi connectivity index (χ1n) is 5.74. The van der Waals surface area contributed by atoms with Crippen molar-refractivity contribution in [3.63, 3.8) is 0 Å². The Kier molecular flexibility index (Phi) is 4.19. The van der Waals surface area contributed by atoms with Crippen LogP contribution in [0.3, 0.4) is 0 Å². The van der Waals surface area contributed by atoms with Crippen LogP contribution < -0.4 is 5.26 Å². The molecule has 1 saturated heterocycles. The molecule has 0 aromatic carbocycles. The third kappa shape index (κ3) is 2.87. The summed E-state index contributed by atoms with van der Waals surface area (Å²) in [7, 11) is 0. The minimum Gasteiger partial charge on any atom is -0.691 e. The standard InChI is InChI=1S/C10H12F2O7S/c1-9-4-5(7(13)17-9)2-3-6(9)16-8(14)10(11,12)20-19-18-15/h5-6,15H,2-4H2,1H3/p-1. The van der Waals surface area contributed by atoms with Gasteiger partial charge in [0, 0.05) is 6.42 Å². The minimum absolute atomic E-state index is 0.248. The van der Waals surface area contributed by atoms with Gasteiger partial charge in [0.05, 0.1) is 5.92 Å². The zero-order valence-electron chi connectivity index (χ0n) is 10.3. The van der Waals surface area contributed by atoms with E-state index in [9.17, 15) is 23.6 Å². The Labute approximate surface area is 116 Å². The van der Waals surface area contributed by atoms with E-state index in [0.29, 0.717) is 12.8 Å². The van der Waals surface area contributed by atoms with Crippen LogP contribution in [0.25, 0.3) is 0 Å². The Hall–Kier alpha value is -0.970. The molecule has 2 bridgehead atoms. The highest BCUT2D eigenvalue weighted by molar-refractivity contribution is 7.96. The van der Waals surface area contributed by atoms with Gasteiger partial charge in [0.2, 0.25) is 0 Å². The number of carbonyl (C=O) groups is 2. The number of esters is 2. The lowest BCUT2D eigenvalue weighted by Gasteiger charge is -2.35. The van der Waals surface area contributed by atoms with Crippen molar-refractivity contribution in [1.29, 1.82) is 0 Å². The number of rotatable bonds is 5. The van der Waals surface area contributed by atoms with Gasteiger partial charge in [-0.1, -0.05) is 0 Å². The van der Waals surface area contributed by atoms with Crippen LogP contribution in [0.5, 0.6) is 0 Å². The lowest BCUT2D eigenvalue weighted by molar-refractivity contribution is -0.777. The maximum atomic E-state index is 13.2. The normalized spacial score (nSPS) is 32.9. The van der Waals surface area contributed by atoms with E-state index >= 15 is 0 Å². The Balaban J connectivity index is 1.99. The van der Waals surface area contributed by atoms with Gasteiger partial charge in [0.15, 0.2) is 0 Å². The molecule has 1 heterocycles. The van der Waals surface area contributed by atoms with Crippen molar-refractivity contribution in [1.82, 2.24) is 0 Å². The van der Waals surface area contributed by atoms with E-state index in [1.54, 1.807) is 0 Å². The van der Waals surface area contributed by atoms with Crippen LogP contribution in [0.2, 0.25) is 0 Å². The predicted molar refractivity (Wildman–Crippen MR) is 56.4 cm³/mol. The van der Waals surface area contributed by atoms with Crippen LogP contribution in [0.4, 0.5) is 8.78 Å². The van der Waals surface area contributed by atoms with Crippen LogP contribution in [-0.2, 0) is 28.4 Å². The van der Waals surface area contributed by atoms with E-state index in [-0.39, 0.29) is 12.3 Å². The highest BCUT2D eigenvalue weighted by Crippen LogP contribution is 2.44. The quantitative estimate of drug-likeness (QED) is 0.313. The van der Waals surface area contributed by atoms with Gasteiger partial charge in [-0.3, -0.25) is 9.83 Å². The molecule has 114 valence electrons. The van der Waals surface area contributed by atoms with Gasteiger partial charge >= 0.3 is 17.2 Å². The fraction of sp³-hybridized carbons (Fsp3) is 0.800. The molecule has 0 spiro atoms. The fourth-order valence-corrected chi connectivity index (χ4v) is 2.70.